The van der Waals surface area contributed by atoms with Crippen molar-refractivity contribution in [2.24, 2.45) is 0 Å². The van der Waals surface area contributed by atoms with Crippen molar-refractivity contribution in [1.82, 2.24) is 10.2 Å². The summed E-state index contributed by atoms with van der Waals surface area (Å²) in [6, 6.07) is 0.406. The largest absolute Gasteiger partial charge is 0.384 e. The van der Waals surface area contributed by atoms with E-state index in [0.717, 1.165) is 26.1 Å². The van der Waals surface area contributed by atoms with Gasteiger partial charge in [-0.3, -0.25) is 4.79 Å². The van der Waals surface area contributed by atoms with E-state index in [1.807, 2.05) is 4.90 Å². The minimum atomic E-state index is 0.211. The maximum atomic E-state index is 11.7. The van der Waals surface area contributed by atoms with Gasteiger partial charge in [-0.15, -0.1) is 0 Å². The van der Waals surface area contributed by atoms with Crippen molar-refractivity contribution in [3.8, 4) is 0 Å². The quantitative estimate of drug-likeness (QED) is 0.709. The van der Waals surface area contributed by atoms with Crippen LogP contribution in [-0.2, 0) is 9.53 Å². The predicted octanol–water partition coefficient (Wildman–Crippen LogP) is 0.233. The third kappa shape index (κ3) is 3.64. The molecule has 1 saturated heterocycles. The van der Waals surface area contributed by atoms with Crippen molar-refractivity contribution >= 4 is 5.91 Å². The van der Waals surface area contributed by atoms with Crippen LogP contribution >= 0.6 is 0 Å². The number of carbonyl (C=O) groups is 1. The highest BCUT2D eigenvalue weighted by Crippen LogP contribution is 2.02. The fourth-order valence-electron chi connectivity index (χ4n) is 1.68. The van der Waals surface area contributed by atoms with Gasteiger partial charge in [0, 0.05) is 26.2 Å². The Morgan fingerprint density at radius 1 is 1.64 bits per heavy atom. The summed E-state index contributed by atoms with van der Waals surface area (Å²) in [4.78, 5) is 13.6. The van der Waals surface area contributed by atoms with Crippen LogP contribution < -0.4 is 5.32 Å². The summed E-state index contributed by atoms with van der Waals surface area (Å²) in [5.41, 5.74) is 0. The first-order valence-corrected chi connectivity index (χ1v) is 5.24. The summed E-state index contributed by atoms with van der Waals surface area (Å²) in [6.07, 6.45) is 1.55. The molecule has 0 aromatic rings. The van der Waals surface area contributed by atoms with Gasteiger partial charge in [0.15, 0.2) is 0 Å². The number of rotatable bonds is 3. The number of ether oxygens (including phenoxy) is 1. The van der Waals surface area contributed by atoms with Gasteiger partial charge in [0.2, 0.25) is 5.91 Å². The topological polar surface area (TPSA) is 41.6 Å². The lowest BCUT2D eigenvalue weighted by Crippen LogP contribution is -2.39. The van der Waals surface area contributed by atoms with E-state index in [1.54, 1.807) is 7.11 Å². The first-order chi connectivity index (χ1) is 6.74. The smallest absolute Gasteiger partial charge is 0.224 e. The Hall–Kier alpha value is -0.610. The Kier molecular flexibility index (Phi) is 4.90. The predicted molar refractivity (Wildman–Crippen MR) is 55.2 cm³/mol. The van der Waals surface area contributed by atoms with Crippen molar-refractivity contribution in [1.29, 1.82) is 0 Å². The van der Waals surface area contributed by atoms with Crippen LogP contribution in [0.3, 0.4) is 0 Å². The molecular weight excluding hydrogens is 180 g/mol. The molecule has 0 bridgehead atoms. The second kappa shape index (κ2) is 5.98. The molecule has 1 rings (SSSR count). The van der Waals surface area contributed by atoms with Crippen molar-refractivity contribution < 1.29 is 9.53 Å². The number of amides is 1. The van der Waals surface area contributed by atoms with Gasteiger partial charge in [0.1, 0.15) is 0 Å². The van der Waals surface area contributed by atoms with E-state index in [1.165, 1.54) is 0 Å². The molecule has 1 heterocycles. The molecule has 0 spiro atoms. The molecule has 1 aliphatic rings. The number of nitrogens with zero attached hydrogens (tertiary/aromatic N) is 1. The van der Waals surface area contributed by atoms with E-state index in [-0.39, 0.29) is 5.91 Å². The van der Waals surface area contributed by atoms with Crippen LogP contribution in [0.15, 0.2) is 0 Å². The van der Waals surface area contributed by atoms with E-state index >= 15 is 0 Å². The summed E-state index contributed by atoms with van der Waals surface area (Å²) in [5.74, 6) is 0.211. The fourth-order valence-corrected chi connectivity index (χ4v) is 1.68. The molecule has 4 nitrogen and oxygen atoms in total. The normalized spacial score (nSPS) is 23.3. The molecule has 1 amide bonds. The molecule has 1 N–H and O–H groups in total. The highest BCUT2D eigenvalue weighted by Gasteiger charge is 2.18. The maximum absolute atomic E-state index is 11.7. The molecule has 0 aliphatic carbocycles. The Labute approximate surface area is 85.6 Å². The van der Waals surface area contributed by atoms with Gasteiger partial charge < -0.3 is 15.0 Å². The lowest BCUT2D eigenvalue weighted by molar-refractivity contribution is -0.132. The number of methoxy groups -OCH3 is 1. The van der Waals surface area contributed by atoms with Crippen molar-refractivity contribution in [3.05, 3.63) is 0 Å². The zero-order valence-corrected chi connectivity index (χ0v) is 9.08. The van der Waals surface area contributed by atoms with Crippen LogP contribution in [0.5, 0.6) is 0 Å². The maximum Gasteiger partial charge on any atom is 0.224 e. The summed E-state index contributed by atoms with van der Waals surface area (Å²) < 4.78 is 4.90. The van der Waals surface area contributed by atoms with Crippen LogP contribution in [0.25, 0.3) is 0 Å². The van der Waals surface area contributed by atoms with Crippen LogP contribution in [0.4, 0.5) is 0 Å². The van der Waals surface area contributed by atoms with Gasteiger partial charge in [-0.05, 0) is 19.9 Å². The molecule has 14 heavy (non-hydrogen) atoms. The monoisotopic (exact) mass is 200 g/mol. The molecule has 1 aliphatic heterocycles. The zero-order chi connectivity index (χ0) is 10.4. The van der Waals surface area contributed by atoms with E-state index < -0.39 is 0 Å². The van der Waals surface area contributed by atoms with E-state index in [0.29, 0.717) is 19.1 Å². The van der Waals surface area contributed by atoms with E-state index in [4.69, 9.17) is 4.74 Å². The molecule has 1 unspecified atom stereocenters. The number of hydrogen-bond donors (Lipinski definition) is 1. The van der Waals surface area contributed by atoms with E-state index in [2.05, 4.69) is 12.2 Å². The Morgan fingerprint density at radius 2 is 2.43 bits per heavy atom. The van der Waals surface area contributed by atoms with Crippen molar-refractivity contribution in [2.45, 2.75) is 25.8 Å². The van der Waals surface area contributed by atoms with Gasteiger partial charge in [-0.1, -0.05) is 0 Å². The van der Waals surface area contributed by atoms with Gasteiger partial charge in [-0.2, -0.15) is 0 Å². The average Bonchev–Trinajstić information content (AvgIpc) is 2.39. The third-order valence-electron chi connectivity index (χ3n) is 2.46. The number of hydrogen-bond acceptors (Lipinski definition) is 3. The molecule has 0 saturated carbocycles. The number of nitrogens with one attached hydrogen (secondary N) is 1. The Bertz CT molecular complexity index is 185. The summed E-state index contributed by atoms with van der Waals surface area (Å²) in [7, 11) is 1.62. The molecule has 0 aromatic carbocycles. The van der Waals surface area contributed by atoms with Crippen LogP contribution in [0.2, 0.25) is 0 Å². The van der Waals surface area contributed by atoms with Gasteiger partial charge in [0.25, 0.3) is 0 Å². The lowest BCUT2D eigenvalue weighted by atomic mass is 10.3. The van der Waals surface area contributed by atoms with Gasteiger partial charge in [0.05, 0.1) is 13.0 Å². The molecule has 1 atom stereocenters. The third-order valence-corrected chi connectivity index (χ3v) is 2.46. The van der Waals surface area contributed by atoms with Crippen LogP contribution in [-0.4, -0.2) is 50.2 Å². The number of carbonyl (C=O) groups excluding carboxylic acids is 1. The Balaban J connectivity index is 2.36. The highest BCUT2D eigenvalue weighted by atomic mass is 16.5. The van der Waals surface area contributed by atoms with Gasteiger partial charge in [-0.25, -0.2) is 0 Å². The first kappa shape index (κ1) is 11.5. The molecule has 4 heteroatoms. The van der Waals surface area contributed by atoms with Crippen molar-refractivity contribution in [3.63, 3.8) is 0 Å². The minimum Gasteiger partial charge on any atom is -0.384 e. The average molecular weight is 200 g/mol. The molecular formula is C10H20N2O2. The van der Waals surface area contributed by atoms with Crippen LogP contribution in [0.1, 0.15) is 19.8 Å². The first-order valence-electron chi connectivity index (χ1n) is 5.24. The van der Waals surface area contributed by atoms with Crippen LogP contribution in [0, 0.1) is 0 Å². The lowest BCUT2D eigenvalue weighted by Gasteiger charge is -2.22. The SMILES string of the molecule is COCCC(=O)N1CCCNC(C)C1. The summed E-state index contributed by atoms with van der Waals surface area (Å²) in [6.45, 7) is 5.34. The van der Waals surface area contributed by atoms with Crippen molar-refractivity contribution in [2.75, 3.05) is 33.4 Å². The minimum absolute atomic E-state index is 0.211. The molecule has 0 radical (unpaired) electrons. The highest BCUT2D eigenvalue weighted by molar-refractivity contribution is 5.76. The molecule has 0 aromatic heterocycles. The van der Waals surface area contributed by atoms with Gasteiger partial charge >= 0.3 is 0 Å². The standard InChI is InChI=1S/C10H20N2O2/c1-9-8-12(6-3-5-11-9)10(13)4-7-14-2/h9,11H,3-8H2,1-2H3. The molecule has 1 fully saturated rings. The summed E-state index contributed by atoms with van der Waals surface area (Å²) >= 11 is 0. The van der Waals surface area contributed by atoms with E-state index in [9.17, 15) is 4.79 Å². The fraction of sp³-hybridized carbons (Fsp3) is 0.900. The second-order valence-corrected chi connectivity index (χ2v) is 3.79. The Morgan fingerprint density at radius 3 is 3.14 bits per heavy atom. The molecule has 82 valence electrons. The zero-order valence-electron chi connectivity index (χ0n) is 9.08. The second-order valence-electron chi connectivity index (χ2n) is 3.79. The summed E-state index contributed by atoms with van der Waals surface area (Å²) in [5, 5.41) is 3.36.